The summed E-state index contributed by atoms with van der Waals surface area (Å²) in [6.07, 6.45) is 4.27. The number of rotatable bonds is 5. The van der Waals surface area contributed by atoms with Crippen molar-refractivity contribution in [1.82, 2.24) is 20.1 Å². The summed E-state index contributed by atoms with van der Waals surface area (Å²) in [5.41, 5.74) is 2.25. The molecule has 2 aliphatic heterocycles. The SMILES string of the molecule is Cc1c(C(=O)NCC2C[C@H]3CC[C@@H](C2)N3CC(=O)NC(C)(C)C)c2cc(O)ccc2n1C. The Balaban J connectivity index is 1.38. The number of nitrogens with zero attached hydrogens (tertiary/aromatic N) is 2. The Bertz CT molecular complexity index is 1020. The lowest BCUT2D eigenvalue weighted by Crippen LogP contribution is -2.52. The Hall–Kier alpha value is -2.54. The van der Waals surface area contributed by atoms with Crippen LogP contribution in [0.3, 0.4) is 0 Å². The number of carbonyl (C=O) groups is 2. The molecule has 2 fully saturated rings. The first-order valence-corrected chi connectivity index (χ1v) is 11.7. The number of aryl methyl sites for hydroxylation is 1. The Kier molecular flexibility index (Phi) is 5.96. The molecule has 0 saturated carbocycles. The van der Waals surface area contributed by atoms with Crippen molar-refractivity contribution in [3.63, 3.8) is 0 Å². The number of aromatic nitrogens is 1. The van der Waals surface area contributed by atoms with Crippen molar-refractivity contribution in [2.24, 2.45) is 13.0 Å². The monoisotopic (exact) mass is 440 g/mol. The van der Waals surface area contributed by atoms with Crippen LogP contribution < -0.4 is 10.6 Å². The largest absolute Gasteiger partial charge is 0.508 e. The lowest BCUT2D eigenvalue weighted by Gasteiger charge is -2.39. The van der Waals surface area contributed by atoms with Gasteiger partial charge in [0.05, 0.1) is 12.1 Å². The van der Waals surface area contributed by atoms with E-state index in [1.54, 1.807) is 12.1 Å². The molecule has 4 rings (SSSR count). The smallest absolute Gasteiger partial charge is 0.253 e. The minimum atomic E-state index is -0.213. The van der Waals surface area contributed by atoms with Gasteiger partial charge in [0.1, 0.15) is 5.75 Å². The van der Waals surface area contributed by atoms with Gasteiger partial charge in [-0.25, -0.2) is 0 Å². The van der Waals surface area contributed by atoms with Crippen LogP contribution in [0.4, 0.5) is 0 Å². The fraction of sp³-hybridized carbons (Fsp3) is 0.600. The van der Waals surface area contributed by atoms with Gasteiger partial charge in [-0.3, -0.25) is 14.5 Å². The van der Waals surface area contributed by atoms with E-state index in [1.165, 1.54) is 0 Å². The average molecular weight is 441 g/mol. The molecule has 2 bridgehead atoms. The van der Waals surface area contributed by atoms with Crippen LogP contribution in [0.2, 0.25) is 0 Å². The number of fused-ring (bicyclic) bond motifs is 3. The molecule has 3 N–H and O–H groups in total. The molecule has 32 heavy (non-hydrogen) atoms. The Labute approximate surface area is 190 Å². The molecule has 2 amide bonds. The van der Waals surface area contributed by atoms with Gasteiger partial charge in [0.2, 0.25) is 5.91 Å². The molecule has 0 spiro atoms. The van der Waals surface area contributed by atoms with Gasteiger partial charge >= 0.3 is 0 Å². The van der Waals surface area contributed by atoms with Crippen molar-refractivity contribution >= 4 is 22.7 Å². The lowest BCUT2D eigenvalue weighted by atomic mass is 9.90. The summed E-state index contributed by atoms with van der Waals surface area (Å²) < 4.78 is 1.99. The number of hydrogen-bond acceptors (Lipinski definition) is 4. The molecule has 1 aromatic heterocycles. The van der Waals surface area contributed by atoms with E-state index in [1.807, 2.05) is 45.4 Å². The summed E-state index contributed by atoms with van der Waals surface area (Å²) in [6.45, 7) is 9.06. The van der Waals surface area contributed by atoms with Crippen LogP contribution in [-0.4, -0.2) is 57.1 Å². The van der Waals surface area contributed by atoms with Crippen molar-refractivity contribution in [1.29, 1.82) is 0 Å². The van der Waals surface area contributed by atoms with Crippen LogP contribution in [0.25, 0.3) is 10.9 Å². The standard InChI is InChI=1S/C25H36N4O3/c1-15-23(20-12-19(30)8-9-21(20)28(15)5)24(32)26-13-16-10-17-6-7-18(11-16)29(17)14-22(31)27-25(2,3)4/h8-9,12,16-18,30H,6-7,10-11,13-14H2,1-5H3,(H,26,32)(H,27,31)/t16?,17-,18+. The maximum Gasteiger partial charge on any atom is 0.253 e. The maximum absolute atomic E-state index is 13.1. The Morgan fingerprint density at radius 2 is 1.81 bits per heavy atom. The third-order valence-corrected chi connectivity index (χ3v) is 7.08. The molecule has 0 aliphatic carbocycles. The highest BCUT2D eigenvalue weighted by Crippen LogP contribution is 2.38. The van der Waals surface area contributed by atoms with Crippen molar-refractivity contribution in [2.75, 3.05) is 13.1 Å². The minimum Gasteiger partial charge on any atom is -0.508 e. The van der Waals surface area contributed by atoms with Gasteiger partial charge in [0, 0.05) is 47.8 Å². The molecule has 2 saturated heterocycles. The maximum atomic E-state index is 13.1. The molecule has 7 heteroatoms. The average Bonchev–Trinajstić information content (AvgIpc) is 3.06. The zero-order valence-corrected chi connectivity index (χ0v) is 19.9. The topological polar surface area (TPSA) is 86.6 Å². The predicted octanol–water partition coefficient (Wildman–Crippen LogP) is 3.08. The van der Waals surface area contributed by atoms with Crippen molar-refractivity contribution in [3.8, 4) is 5.75 Å². The first kappa shape index (κ1) is 22.6. The second kappa shape index (κ2) is 8.43. The number of piperidine rings is 1. The van der Waals surface area contributed by atoms with Crippen LogP contribution in [-0.2, 0) is 11.8 Å². The zero-order valence-electron chi connectivity index (χ0n) is 19.9. The van der Waals surface area contributed by atoms with E-state index in [9.17, 15) is 14.7 Å². The van der Waals surface area contributed by atoms with Gasteiger partial charge in [-0.2, -0.15) is 0 Å². The van der Waals surface area contributed by atoms with E-state index in [-0.39, 0.29) is 23.1 Å². The van der Waals surface area contributed by atoms with Crippen molar-refractivity contribution in [2.45, 2.75) is 71.0 Å². The quantitative estimate of drug-likeness (QED) is 0.667. The zero-order chi connectivity index (χ0) is 23.2. The number of carbonyl (C=O) groups excluding carboxylic acids is 2. The molecular weight excluding hydrogens is 404 g/mol. The number of aromatic hydroxyl groups is 1. The molecule has 1 unspecified atom stereocenters. The van der Waals surface area contributed by atoms with Crippen molar-refractivity contribution in [3.05, 3.63) is 29.5 Å². The molecule has 1 aromatic carbocycles. The number of benzene rings is 1. The lowest BCUT2D eigenvalue weighted by molar-refractivity contribution is -0.125. The molecule has 174 valence electrons. The van der Waals surface area contributed by atoms with Gasteiger partial charge in [-0.1, -0.05) is 0 Å². The van der Waals surface area contributed by atoms with Gasteiger partial charge in [0.15, 0.2) is 0 Å². The number of phenols is 1. The summed E-state index contributed by atoms with van der Waals surface area (Å²) in [5, 5.41) is 16.9. The number of phenolic OH excluding ortho intramolecular Hbond substituents is 1. The second-order valence-corrected chi connectivity index (χ2v) is 10.6. The molecule has 2 aromatic rings. The molecule has 7 nitrogen and oxygen atoms in total. The van der Waals surface area contributed by atoms with Crippen LogP contribution in [0, 0.1) is 12.8 Å². The minimum absolute atomic E-state index is 0.0852. The summed E-state index contributed by atoms with van der Waals surface area (Å²) >= 11 is 0. The van der Waals surface area contributed by atoms with E-state index in [4.69, 9.17) is 0 Å². The van der Waals surface area contributed by atoms with Gasteiger partial charge < -0.3 is 20.3 Å². The highest BCUT2D eigenvalue weighted by Gasteiger charge is 2.41. The van der Waals surface area contributed by atoms with E-state index in [2.05, 4.69) is 15.5 Å². The van der Waals surface area contributed by atoms with E-state index >= 15 is 0 Å². The Morgan fingerprint density at radius 1 is 1.16 bits per heavy atom. The summed E-state index contributed by atoms with van der Waals surface area (Å²) in [6, 6.07) is 5.99. The van der Waals surface area contributed by atoms with E-state index in [0.717, 1.165) is 42.3 Å². The summed E-state index contributed by atoms with van der Waals surface area (Å²) in [5.74, 6) is 0.590. The van der Waals surface area contributed by atoms with Gasteiger partial charge in [-0.05, 0) is 77.5 Å². The molecule has 3 heterocycles. The summed E-state index contributed by atoms with van der Waals surface area (Å²) in [7, 11) is 1.94. The van der Waals surface area contributed by atoms with Crippen LogP contribution >= 0.6 is 0 Å². The molecule has 3 atom stereocenters. The predicted molar refractivity (Wildman–Crippen MR) is 126 cm³/mol. The number of amides is 2. The summed E-state index contributed by atoms with van der Waals surface area (Å²) in [4.78, 5) is 27.9. The highest BCUT2D eigenvalue weighted by molar-refractivity contribution is 6.08. The van der Waals surface area contributed by atoms with E-state index in [0.29, 0.717) is 36.7 Å². The third kappa shape index (κ3) is 4.49. The van der Waals surface area contributed by atoms with Crippen LogP contribution in [0.1, 0.15) is 62.5 Å². The normalized spacial score (nSPS) is 23.5. The highest BCUT2D eigenvalue weighted by atomic mass is 16.3. The van der Waals surface area contributed by atoms with Crippen LogP contribution in [0.5, 0.6) is 5.75 Å². The third-order valence-electron chi connectivity index (χ3n) is 7.08. The first-order valence-electron chi connectivity index (χ1n) is 11.7. The first-order chi connectivity index (χ1) is 15.0. The fourth-order valence-electron chi connectivity index (χ4n) is 5.61. The molecule has 0 radical (unpaired) electrons. The van der Waals surface area contributed by atoms with Gasteiger partial charge in [-0.15, -0.1) is 0 Å². The second-order valence-electron chi connectivity index (χ2n) is 10.6. The number of hydrogen-bond donors (Lipinski definition) is 3. The van der Waals surface area contributed by atoms with Gasteiger partial charge in [0.25, 0.3) is 5.91 Å². The number of nitrogens with one attached hydrogen (secondary N) is 2. The van der Waals surface area contributed by atoms with E-state index < -0.39 is 0 Å². The Morgan fingerprint density at radius 3 is 2.44 bits per heavy atom. The fourth-order valence-corrected chi connectivity index (χ4v) is 5.61. The van der Waals surface area contributed by atoms with Crippen LogP contribution in [0.15, 0.2) is 18.2 Å². The molecule has 2 aliphatic rings. The molecular formula is C25H36N4O3. The van der Waals surface area contributed by atoms with Crippen molar-refractivity contribution < 1.29 is 14.7 Å².